The van der Waals surface area contributed by atoms with Gasteiger partial charge in [-0.2, -0.15) is 0 Å². The van der Waals surface area contributed by atoms with Crippen LogP contribution in [0.4, 0.5) is 0 Å². The topological polar surface area (TPSA) is 51.2 Å². The number of carbonyl (C=O) groups is 1. The minimum Gasteiger partial charge on any atom is -0.378 e. The molecular weight excluding hydrogens is 252 g/mol. The number of hydrogen-bond acceptors (Lipinski definition) is 3. The highest BCUT2D eigenvalue weighted by Gasteiger charge is 2.58. The number of rotatable bonds is 5. The highest BCUT2D eigenvalue weighted by molar-refractivity contribution is 5.76. The Labute approximate surface area is 120 Å². The second-order valence-electron chi connectivity index (χ2n) is 6.34. The van der Waals surface area contributed by atoms with E-state index in [1.807, 2.05) is 12.1 Å². The van der Waals surface area contributed by atoms with Crippen LogP contribution < -0.4 is 5.32 Å². The molecule has 4 nitrogen and oxygen atoms in total. The number of amides is 1. The lowest BCUT2D eigenvalue weighted by Gasteiger charge is -2.59. The molecular formula is C16H24N2O2. The number of hydrogen-bond donors (Lipinski definition) is 1. The van der Waals surface area contributed by atoms with Gasteiger partial charge in [0, 0.05) is 37.4 Å². The minimum absolute atomic E-state index is 0.0337. The summed E-state index contributed by atoms with van der Waals surface area (Å²) in [7, 11) is 1.74. The van der Waals surface area contributed by atoms with Crippen LogP contribution in [0.15, 0.2) is 24.5 Å². The van der Waals surface area contributed by atoms with Crippen molar-refractivity contribution < 1.29 is 9.53 Å². The van der Waals surface area contributed by atoms with E-state index in [1.165, 1.54) is 0 Å². The van der Waals surface area contributed by atoms with Gasteiger partial charge in [0.05, 0.1) is 5.60 Å². The van der Waals surface area contributed by atoms with Crippen molar-refractivity contribution in [3.05, 3.63) is 30.1 Å². The van der Waals surface area contributed by atoms with Crippen molar-refractivity contribution in [2.45, 2.75) is 51.7 Å². The molecule has 2 rings (SSSR count). The van der Waals surface area contributed by atoms with Crippen molar-refractivity contribution in [2.24, 2.45) is 5.41 Å². The Morgan fingerprint density at radius 1 is 1.40 bits per heavy atom. The van der Waals surface area contributed by atoms with Crippen LogP contribution in [-0.2, 0) is 16.0 Å². The molecule has 0 aliphatic heterocycles. The van der Waals surface area contributed by atoms with E-state index >= 15 is 0 Å². The Hall–Kier alpha value is -1.42. The van der Waals surface area contributed by atoms with Crippen LogP contribution in [0.5, 0.6) is 0 Å². The Balaban J connectivity index is 1.82. The molecule has 1 aliphatic carbocycles. The molecule has 1 aliphatic rings. The van der Waals surface area contributed by atoms with Gasteiger partial charge in [0.2, 0.25) is 5.91 Å². The van der Waals surface area contributed by atoms with Gasteiger partial charge < -0.3 is 10.1 Å². The monoisotopic (exact) mass is 276 g/mol. The third-order valence-corrected chi connectivity index (χ3v) is 5.00. The molecule has 0 radical (unpaired) electrons. The van der Waals surface area contributed by atoms with E-state index in [1.54, 1.807) is 19.5 Å². The summed E-state index contributed by atoms with van der Waals surface area (Å²) in [6.07, 6.45) is 5.65. The van der Waals surface area contributed by atoms with Gasteiger partial charge in [-0.1, -0.05) is 13.8 Å². The van der Waals surface area contributed by atoms with Gasteiger partial charge in [0.15, 0.2) is 0 Å². The summed E-state index contributed by atoms with van der Waals surface area (Å²) in [6, 6.07) is 4.09. The van der Waals surface area contributed by atoms with Gasteiger partial charge in [-0.05, 0) is 37.5 Å². The van der Waals surface area contributed by atoms with Crippen LogP contribution in [0, 0.1) is 5.41 Å². The zero-order valence-electron chi connectivity index (χ0n) is 12.8. The largest absolute Gasteiger partial charge is 0.378 e. The minimum atomic E-state index is -0.143. The number of aryl methyl sites for hydroxylation is 1. The zero-order chi connectivity index (χ0) is 14.8. The summed E-state index contributed by atoms with van der Waals surface area (Å²) in [5.41, 5.74) is 0.967. The number of methoxy groups -OCH3 is 1. The van der Waals surface area contributed by atoms with Crippen LogP contribution >= 0.6 is 0 Å². The first-order chi connectivity index (χ1) is 9.39. The average molecular weight is 276 g/mol. The Morgan fingerprint density at radius 2 is 2.05 bits per heavy atom. The van der Waals surface area contributed by atoms with Gasteiger partial charge in [-0.25, -0.2) is 0 Å². The summed E-state index contributed by atoms with van der Waals surface area (Å²) in [5.74, 6) is 0.109. The molecule has 0 unspecified atom stereocenters. The van der Waals surface area contributed by atoms with E-state index in [0.29, 0.717) is 6.42 Å². The average Bonchev–Trinajstić information content (AvgIpc) is 2.45. The number of nitrogens with one attached hydrogen (secondary N) is 1. The maximum atomic E-state index is 12.0. The molecule has 0 bridgehead atoms. The molecule has 1 N–H and O–H groups in total. The first kappa shape index (κ1) is 15.0. The van der Waals surface area contributed by atoms with E-state index in [4.69, 9.17) is 4.74 Å². The molecule has 0 aromatic carbocycles. The summed E-state index contributed by atoms with van der Waals surface area (Å²) >= 11 is 0. The summed E-state index contributed by atoms with van der Waals surface area (Å²) in [6.45, 7) is 6.40. The van der Waals surface area contributed by atoms with Crippen molar-refractivity contribution >= 4 is 5.91 Å². The summed E-state index contributed by atoms with van der Waals surface area (Å²) in [4.78, 5) is 16.0. The highest BCUT2D eigenvalue weighted by atomic mass is 16.5. The standard InChI is InChI=1S/C16H24N2O2/c1-15(2)13(11-16(15,3)20-4)18-14(19)6-5-12-7-9-17-10-8-12/h7-10,13H,5-6,11H2,1-4H3,(H,18,19)/t13-,16+/m0/s1. The van der Waals surface area contributed by atoms with Gasteiger partial charge in [-0.15, -0.1) is 0 Å². The van der Waals surface area contributed by atoms with Crippen molar-refractivity contribution in [3.63, 3.8) is 0 Å². The third kappa shape index (κ3) is 2.70. The molecule has 1 heterocycles. The SMILES string of the molecule is CO[C@]1(C)C[C@H](NC(=O)CCc2ccncc2)C1(C)C. The Morgan fingerprint density at radius 3 is 2.60 bits per heavy atom. The van der Waals surface area contributed by atoms with Crippen molar-refractivity contribution in [2.75, 3.05) is 7.11 Å². The molecule has 1 aromatic rings. The molecule has 4 heteroatoms. The number of ether oxygens (including phenoxy) is 1. The summed E-state index contributed by atoms with van der Waals surface area (Å²) < 4.78 is 5.57. The molecule has 1 aromatic heterocycles. The second-order valence-corrected chi connectivity index (χ2v) is 6.34. The van der Waals surface area contributed by atoms with Gasteiger partial charge in [0.25, 0.3) is 0 Å². The van der Waals surface area contributed by atoms with Crippen LogP contribution in [-0.4, -0.2) is 29.6 Å². The van der Waals surface area contributed by atoms with Crippen molar-refractivity contribution in [3.8, 4) is 0 Å². The molecule has 1 fully saturated rings. The molecule has 1 amide bonds. The van der Waals surface area contributed by atoms with E-state index in [9.17, 15) is 4.79 Å². The fourth-order valence-electron chi connectivity index (χ4n) is 2.80. The first-order valence-electron chi connectivity index (χ1n) is 7.12. The molecule has 0 spiro atoms. The zero-order valence-corrected chi connectivity index (χ0v) is 12.8. The lowest BCUT2D eigenvalue weighted by Crippen LogP contribution is -2.68. The molecule has 110 valence electrons. The van der Waals surface area contributed by atoms with Crippen molar-refractivity contribution in [1.82, 2.24) is 10.3 Å². The van der Waals surface area contributed by atoms with Gasteiger partial charge in [0.1, 0.15) is 0 Å². The van der Waals surface area contributed by atoms with Crippen LogP contribution in [0.25, 0.3) is 0 Å². The van der Waals surface area contributed by atoms with Crippen LogP contribution in [0.2, 0.25) is 0 Å². The van der Waals surface area contributed by atoms with E-state index in [0.717, 1.165) is 18.4 Å². The van der Waals surface area contributed by atoms with E-state index in [-0.39, 0.29) is 23.0 Å². The number of pyridine rings is 1. The molecule has 20 heavy (non-hydrogen) atoms. The first-order valence-corrected chi connectivity index (χ1v) is 7.12. The second kappa shape index (κ2) is 5.52. The highest BCUT2D eigenvalue weighted by Crippen LogP contribution is 2.51. The maximum Gasteiger partial charge on any atom is 0.220 e. The summed E-state index contributed by atoms with van der Waals surface area (Å²) in [5, 5.41) is 3.13. The Bertz CT molecular complexity index is 473. The van der Waals surface area contributed by atoms with Gasteiger partial charge in [-0.3, -0.25) is 9.78 Å². The predicted molar refractivity (Wildman–Crippen MR) is 78.3 cm³/mol. The van der Waals surface area contributed by atoms with Crippen molar-refractivity contribution in [1.29, 1.82) is 0 Å². The lowest BCUT2D eigenvalue weighted by molar-refractivity contribution is -0.182. The van der Waals surface area contributed by atoms with Crippen LogP contribution in [0.1, 0.15) is 39.2 Å². The quantitative estimate of drug-likeness (QED) is 0.898. The third-order valence-electron chi connectivity index (χ3n) is 5.00. The lowest BCUT2D eigenvalue weighted by atomic mass is 9.56. The van der Waals surface area contributed by atoms with E-state index < -0.39 is 0 Å². The maximum absolute atomic E-state index is 12.0. The Kier molecular flexibility index (Phi) is 4.14. The predicted octanol–water partition coefficient (Wildman–Crippen LogP) is 2.33. The van der Waals surface area contributed by atoms with E-state index in [2.05, 4.69) is 31.1 Å². The molecule has 0 saturated heterocycles. The fourth-order valence-corrected chi connectivity index (χ4v) is 2.80. The van der Waals surface area contributed by atoms with Crippen LogP contribution in [0.3, 0.4) is 0 Å². The number of aromatic nitrogens is 1. The molecule has 1 saturated carbocycles. The smallest absolute Gasteiger partial charge is 0.220 e. The normalized spacial score (nSPS) is 27.7. The molecule has 2 atom stereocenters. The fraction of sp³-hybridized carbons (Fsp3) is 0.625. The number of carbonyl (C=O) groups excluding carboxylic acids is 1. The van der Waals surface area contributed by atoms with Gasteiger partial charge >= 0.3 is 0 Å². The number of nitrogens with zero attached hydrogens (tertiary/aromatic N) is 1.